The number of anilines is 1. The molecule has 136 valence electrons. The molecule has 2 saturated heterocycles. The molecule has 2 aliphatic rings. The Morgan fingerprint density at radius 2 is 1.88 bits per heavy atom. The van der Waals surface area contributed by atoms with Crippen LogP contribution in [-0.4, -0.2) is 54.1 Å². The smallest absolute Gasteiger partial charge is 0.311 e. The Morgan fingerprint density at radius 3 is 2.48 bits per heavy atom. The Bertz CT molecular complexity index is 609. The lowest BCUT2D eigenvalue weighted by atomic mass is 10.0. The largest absolute Gasteiger partial charge is 0.393 e. The molecule has 25 heavy (non-hydrogen) atoms. The average Bonchev–Trinajstić information content (AvgIpc) is 3.31. The molecule has 0 unspecified atom stereocenters. The first-order chi connectivity index (χ1) is 12.0. The molecule has 2 aliphatic heterocycles. The van der Waals surface area contributed by atoms with Gasteiger partial charge in [-0.05, 0) is 43.9 Å². The zero-order valence-electron chi connectivity index (χ0n) is 14.8. The first-order valence-electron chi connectivity index (χ1n) is 9.13. The Morgan fingerprint density at radius 1 is 1.20 bits per heavy atom. The predicted molar refractivity (Wildman–Crippen MR) is 96.1 cm³/mol. The molecule has 2 fully saturated rings. The maximum absolute atomic E-state index is 12.2. The number of rotatable bonds is 4. The fourth-order valence-corrected chi connectivity index (χ4v) is 3.57. The highest BCUT2D eigenvalue weighted by Crippen LogP contribution is 2.21. The molecule has 3 rings (SSSR count). The van der Waals surface area contributed by atoms with Crippen LogP contribution in [0.5, 0.6) is 0 Å². The summed E-state index contributed by atoms with van der Waals surface area (Å²) >= 11 is 0. The number of likely N-dealkylation sites (tertiary alicyclic amines) is 1. The van der Waals surface area contributed by atoms with Crippen LogP contribution in [0.4, 0.5) is 5.69 Å². The van der Waals surface area contributed by atoms with Gasteiger partial charge in [0.1, 0.15) is 0 Å². The number of carbonyl (C=O) groups excluding carboxylic acids is 2. The molecular weight excluding hydrogens is 318 g/mol. The first kappa shape index (κ1) is 17.7. The van der Waals surface area contributed by atoms with Gasteiger partial charge in [-0.1, -0.05) is 12.1 Å². The monoisotopic (exact) mass is 345 g/mol. The van der Waals surface area contributed by atoms with Crippen LogP contribution in [0, 0.1) is 5.92 Å². The van der Waals surface area contributed by atoms with Crippen molar-refractivity contribution in [3.05, 3.63) is 29.8 Å². The molecule has 0 bridgehead atoms. The maximum atomic E-state index is 12.2. The molecule has 2 amide bonds. The van der Waals surface area contributed by atoms with Crippen LogP contribution < -0.4 is 10.2 Å². The van der Waals surface area contributed by atoms with E-state index >= 15 is 0 Å². The number of amides is 2. The summed E-state index contributed by atoms with van der Waals surface area (Å²) in [5.41, 5.74) is 2.19. The van der Waals surface area contributed by atoms with Crippen molar-refractivity contribution in [1.29, 1.82) is 0 Å². The summed E-state index contributed by atoms with van der Waals surface area (Å²) in [6.45, 7) is 5.27. The summed E-state index contributed by atoms with van der Waals surface area (Å²) in [4.78, 5) is 28.2. The number of aliphatic hydroxyl groups is 1. The minimum atomic E-state index is -0.574. The average molecular weight is 345 g/mol. The molecule has 0 radical (unpaired) electrons. The topological polar surface area (TPSA) is 72.9 Å². The molecule has 0 saturated carbocycles. The minimum Gasteiger partial charge on any atom is -0.393 e. The van der Waals surface area contributed by atoms with E-state index in [4.69, 9.17) is 0 Å². The third-order valence-corrected chi connectivity index (χ3v) is 5.25. The normalized spacial score (nSPS) is 21.4. The van der Waals surface area contributed by atoms with Crippen molar-refractivity contribution in [2.45, 2.75) is 38.8 Å². The van der Waals surface area contributed by atoms with Crippen molar-refractivity contribution in [2.75, 3.05) is 31.1 Å². The SMILES string of the molecule is C[C@@H](O)[C@H]1CCN(C(=O)C(=O)NCc2ccc(N3CCCC3)cc2)C1. The molecular formula is C19H27N3O3. The van der Waals surface area contributed by atoms with Gasteiger partial charge in [0.15, 0.2) is 0 Å². The van der Waals surface area contributed by atoms with Crippen LogP contribution >= 0.6 is 0 Å². The highest BCUT2D eigenvalue weighted by atomic mass is 16.3. The fraction of sp³-hybridized carbons (Fsp3) is 0.579. The van der Waals surface area contributed by atoms with Crippen molar-refractivity contribution < 1.29 is 14.7 Å². The summed E-state index contributed by atoms with van der Waals surface area (Å²) in [7, 11) is 0. The van der Waals surface area contributed by atoms with Gasteiger partial charge in [0.2, 0.25) is 0 Å². The highest BCUT2D eigenvalue weighted by molar-refractivity contribution is 6.35. The molecule has 2 heterocycles. The molecule has 0 aromatic heterocycles. The van der Waals surface area contributed by atoms with E-state index in [1.807, 2.05) is 12.1 Å². The number of nitrogens with zero attached hydrogens (tertiary/aromatic N) is 2. The molecule has 2 N–H and O–H groups in total. The Labute approximate surface area is 148 Å². The molecule has 6 heteroatoms. The summed E-state index contributed by atoms with van der Waals surface area (Å²) in [5.74, 6) is -1.01. The van der Waals surface area contributed by atoms with E-state index < -0.39 is 17.9 Å². The zero-order valence-corrected chi connectivity index (χ0v) is 14.8. The van der Waals surface area contributed by atoms with Crippen molar-refractivity contribution >= 4 is 17.5 Å². The lowest BCUT2D eigenvalue weighted by molar-refractivity contribution is -0.145. The summed E-state index contributed by atoms with van der Waals surface area (Å²) in [5, 5.41) is 12.3. The van der Waals surface area contributed by atoms with Gasteiger partial charge in [0.25, 0.3) is 0 Å². The number of nitrogens with one attached hydrogen (secondary N) is 1. The van der Waals surface area contributed by atoms with E-state index in [0.29, 0.717) is 19.6 Å². The quantitative estimate of drug-likeness (QED) is 0.803. The number of hydrogen-bond acceptors (Lipinski definition) is 4. The Hall–Kier alpha value is -2.08. The van der Waals surface area contributed by atoms with Gasteiger partial charge in [-0.2, -0.15) is 0 Å². The lowest BCUT2D eigenvalue weighted by Gasteiger charge is -2.18. The second kappa shape index (κ2) is 7.87. The van der Waals surface area contributed by atoms with E-state index in [1.165, 1.54) is 23.4 Å². The summed E-state index contributed by atoms with van der Waals surface area (Å²) in [6.07, 6.45) is 2.78. The second-order valence-electron chi connectivity index (χ2n) is 7.08. The second-order valence-corrected chi connectivity index (χ2v) is 7.08. The zero-order chi connectivity index (χ0) is 17.8. The van der Waals surface area contributed by atoms with Crippen molar-refractivity contribution in [3.63, 3.8) is 0 Å². The molecule has 6 nitrogen and oxygen atoms in total. The molecule has 1 aromatic carbocycles. The van der Waals surface area contributed by atoms with Crippen LogP contribution in [0.1, 0.15) is 31.7 Å². The van der Waals surface area contributed by atoms with Gasteiger partial charge in [-0.25, -0.2) is 0 Å². The lowest BCUT2D eigenvalue weighted by Crippen LogP contribution is -2.42. The van der Waals surface area contributed by atoms with Crippen LogP contribution in [-0.2, 0) is 16.1 Å². The van der Waals surface area contributed by atoms with Gasteiger partial charge < -0.3 is 20.2 Å². The Kier molecular flexibility index (Phi) is 5.58. The number of benzene rings is 1. The van der Waals surface area contributed by atoms with Crippen molar-refractivity contribution in [2.24, 2.45) is 5.92 Å². The summed E-state index contributed by atoms with van der Waals surface area (Å²) in [6, 6.07) is 8.14. The number of carbonyl (C=O) groups is 2. The van der Waals surface area contributed by atoms with Gasteiger partial charge in [-0.15, -0.1) is 0 Å². The van der Waals surface area contributed by atoms with Gasteiger partial charge in [0, 0.05) is 44.3 Å². The van der Waals surface area contributed by atoms with Crippen molar-refractivity contribution in [1.82, 2.24) is 10.2 Å². The third kappa shape index (κ3) is 4.31. The standard InChI is InChI=1S/C19H27N3O3/c1-14(23)16-8-11-22(13-16)19(25)18(24)20-12-15-4-6-17(7-5-15)21-9-2-3-10-21/h4-7,14,16,23H,2-3,8-13H2,1H3,(H,20,24)/t14-,16+/m1/s1. The molecule has 1 aromatic rings. The number of aliphatic hydroxyl groups excluding tert-OH is 1. The molecule has 0 spiro atoms. The highest BCUT2D eigenvalue weighted by Gasteiger charge is 2.31. The van der Waals surface area contributed by atoms with E-state index in [1.54, 1.807) is 6.92 Å². The first-order valence-corrected chi connectivity index (χ1v) is 9.13. The van der Waals surface area contributed by atoms with Gasteiger partial charge in [0.05, 0.1) is 6.10 Å². The van der Waals surface area contributed by atoms with Gasteiger partial charge >= 0.3 is 11.8 Å². The van der Waals surface area contributed by atoms with Crippen LogP contribution in [0.25, 0.3) is 0 Å². The van der Waals surface area contributed by atoms with E-state index in [9.17, 15) is 14.7 Å². The fourth-order valence-electron chi connectivity index (χ4n) is 3.57. The van der Waals surface area contributed by atoms with Gasteiger partial charge in [-0.3, -0.25) is 9.59 Å². The van der Waals surface area contributed by atoms with Crippen LogP contribution in [0.3, 0.4) is 0 Å². The minimum absolute atomic E-state index is 0.0647. The molecule has 0 aliphatic carbocycles. The maximum Gasteiger partial charge on any atom is 0.311 e. The molecule has 2 atom stereocenters. The number of hydrogen-bond donors (Lipinski definition) is 2. The van der Waals surface area contributed by atoms with Crippen LogP contribution in [0.2, 0.25) is 0 Å². The van der Waals surface area contributed by atoms with Crippen molar-refractivity contribution in [3.8, 4) is 0 Å². The summed E-state index contributed by atoms with van der Waals surface area (Å²) < 4.78 is 0. The predicted octanol–water partition coefficient (Wildman–Crippen LogP) is 1.13. The van der Waals surface area contributed by atoms with Crippen LogP contribution in [0.15, 0.2) is 24.3 Å². The van der Waals surface area contributed by atoms with E-state index in [-0.39, 0.29) is 5.92 Å². The third-order valence-electron chi connectivity index (χ3n) is 5.25. The Balaban J connectivity index is 1.47. The van der Waals surface area contributed by atoms with E-state index in [2.05, 4.69) is 22.3 Å². The van der Waals surface area contributed by atoms with E-state index in [0.717, 1.165) is 25.1 Å².